The molecule has 0 aliphatic rings. The van der Waals surface area contributed by atoms with E-state index in [4.69, 9.17) is 9.84 Å². The van der Waals surface area contributed by atoms with Crippen LogP contribution in [0.1, 0.15) is 11.1 Å². The molecule has 0 radical (unpaired) electrons. The number of nitrogens with zero attached hydrogens (tertiary/aromatic N) is 2. The number of hydrogen-bond donors (Lipinski definition) is 2. The molecule has 3 aromatic carbocycles. The average molecular weight is 469 g/mol. The molecule has 34 heavy (non-hydrogen) atoms. The molecule has 0 atom stereocenters. The highest BCUT2D eigenvalue weighted by atomic mass is 19.4. The number of nitrogens with one attached hydrogen (secondary N) is 1. The Morgan fingerprint density at radius 2 is 1.65 bits per heavy atom. The molecule has 0 spiro atoms. The van der Waals surface area contributed by atoms with E-state index in [9.17, 15) is 18.0 Å². The van der Waals surface area contributed by atoms with E-state index in [1.165, 1.54) is 36.7 Å². The molecule has 7 nitrogen and oxygen atoms in total. The highest BCUT2D eigenvalue weighted by molar-refractivity contribution is 5.96. The van der Waals surface area contributed by atoms with Gasteiger partial charge in [0.1, 0.15) is 23.4 Å². The van der Waals surface area contributed by atoms with E-state index in [0.717, 1.165) is 5.56 Å². The Kier molecular flexibility index (Phi) is 6.48. The number of carboxylic acid groups (broad SMARTS) is 1. The van der Waals surface area contributed by atoms with Gasteiger partial charge in [0.15, 0.2) is 5.75 Å². The summed E-state index contributed by atoms with van der Waals surface area (Å²) < 4.78 is 47.5. The van der Waals surface area contributed by atoms with E-state index >= 15 is 0 Å². The SMILES string of the molecule is O=C(O)NCc1cc(-c2ccc(OC(F)(F)F)cc2)c2nccnc2c1OCc1ccccc1. The lowest BCUT2D eigenvalue weighted by Gasteiger charge is -2.17. The largest absolute Gasteiger partial charge is 0.573 e. The van der Waals surface area contributed by atoms with Gasteiger partial charge in [-0.1, -0.05) is 42.5 Å². The van der Waals surface area contributed by atoms with Crippen LogP contribution in [0.15, 0.2) is 73.1 Å². The zero-order valence-electron chi connectivity index (χ0n) is 17.5. The lowest BCUT2D eigenvalue weighted by molar-refractivity contribution is -0.274. The Morgan fingerprint density at radius 1 is 0.971 bits per heavy atom. The molecule has 0 saturated heterocycles. The van der Waals surface area contributed by atoms with Gasteiger partial charge in [-0.25, -0.2) is 9.78 Å². The van der Waals surface area contributed by atoms with Crippen molar-refractivity contribution in [2.24, 2.45) is 0 Å². The molecule has 174 valence electrons. The number of rotatable bonds is 7. The van der Waals surface area contributed by atoms with E-state index in [-0.39, 0.29) is 18.9 Å². The number of amides is 1. The molecule has 1 amide bonds. The van der Waals surface area contributed by atoms with Crippen LogP contribution in [0.3, 0.4) is 0 Å². The van der Waals surface area contributed by atoms with Crippen LogP contribution in [0.4, 0.5) is 18.0 Å². The number of carbonyl (C=O) groups is 1. The highest BCUT2D eigenvalue weighted by Gasteiger charge is 2.31. The summed E-state index contributed by atoms with van der Waals surface area (Å²) in [6, 6.07) is 16.4. The van der Waals surface area contributed by atoms with E-state index in [2.05, 4.69) is 20.0 Å². The fourth-order valence-corrected chi connectivity index (χ4v) is 3.41. The molecular formula is C24H18F3N3O4. The van der Waals surface area contributed by atoms with Crippen LogP contribution in [0.5, 0.6) is 11.5 Å². The maximum absolute atomic E-state index is 12.5. The van der Waals surface area contributed by atoms with Gasteiger partial charge in [-0.3, -0.25) is 4.98 Å². The van der Waals surface area contributed by atoms with Crippen LogP contribution in [0, 0.1) is 0 Å². The molecule has 0 saturated carbocycles. The summed E-state index contributed by atoms with van der Waals surface area (Å²) >= 11 is 0. The molecule has 1 heterocycles. The van der Waals surface area contributed by atoms with Gasteiger partial charge in [0.2, 0.25) is 0 Å². The Hall–Kier alpha value is -4.34. The number of benzene rings is 3. The van der Waals surface area contributed by atoms with Crippen molar-refractivity contribution in [2.75, 3.05) is 0 Å². The zero-order chi connectivity index (χ0) is 24.1. The monoisotopic (exact) mass is 469 g/mol. The van der Waals surface area contributed by atoms with Gasteiger partial charge in [0, 0.05) is 30.1 Å². The van der Waals surface area contributed by atoms with Crippen LogP contribution in [-0.4, -0.2) is 27.5 Å². The van der Waals surface area contributed by atoms with Crippen LogP contribution < -0.4 is 14.8 Å². The van der Waals surface area contributed by atoms with Crippen LogP contribution >= 0.6 is 0 Å². The fraction of sp³-hybridized carbons (Fsp3) is 0.125. The number of halogens is 3. The Morgan fingerprint density at radius 3 is 2.29 bits per heavy atom. The maximum atomic E-state index is 12.5. The Balaban J connectivity index is 1.77. The molecule has 0 aliphatic heterocycles. The third-order valence-electron chi connectivity index (χ3n) is 4.83. The van der Waals surface area contributed by atoms with Gasteiger partial charge in [-0.05, 0) is 29.3 Å². The number of aromatic nitrogens is 2. The van der Waals surface area contributed by atoms with Crippen molar-refractivity contribution in [2.45, 2.75) is 19.5 Å². The summed E-state index contributed by atoms with van der Waals surface area (Å²) in [5.41, 5.74) is 3.35. The molecule has 10 heteroatoms. The third-order valence-corrected chi connectivity index (χ3v) is 4.83. The molecule has 4 rings (SSSR count). The van der Waals surface area contributed by atoms with E-state index < -0.39 is 12.5 Å². The van der Waals surface area contributed by atoms with Gasteiger partial charge in [-0.15, -0.1) is 13.2 Å². The second-order valence-electron chi connectivity index (χ2n) is 7.17. The molecule has 0 fully saturated rings. The summed E-state index contributed by atoms with van der Waals surface area (Å²) in [5.74, 6) is 0.00343. The average Bonchev–Trinajstić information content (AvgIpc) is 2.81. The van der Waals surface area contributed by atoms with E-state index in [1.54, 1.807) is 6.07 Å². The molecule has 1 aromatic heterocycles. The van der Waals surface area contributed by atoms with Crippen molar-refractivity contribution < 1.29 is 32.5 Å². The van der Waals surface area contributed by atoms with Crippen molar-refractivity contribution in [1.82, 2.24) is 15.3 Å². The van der Waals surface area contributed by atoms with E-state index in [1.807, 2.05) is 30.3 Å². The van der Waals surface area contributed by atoms with Gasteiger partial charge in [0.05, 0.1) is 0 Å². The first kappa shape index (κ1) is 22.8. The number of ether oxygens (including phenoxy) is 2. The maximum Gasteiger partial charge on any atom is 0.573 e. The second-order valence-corrected chi connectivity index (χ2v) is 7.17. The molecule has 0 aliphatic carbocycles. The fourth-order valence-electron chi connectivity index (χ4n) is 3.41. The highest BCUT2D eigenvalue weighted by Crippen LogP contribution is 2.37. The molecule has 0 bridgehead atoms. The number of hydrogen-bond acceptors (Lipinski definition) is 5. The summed E-state index contributed by atoms with van der Waals surface area (Å²) in [4.78, 5) is 19.9. The van der Waals surface area contributed by atoms with E-state index in [0.29, 0.717) is 33.5 Å². The summed E-state index contributed by atoms with van der Waals surface area (Å²) in [6.07, 6.45) is -3.05. The van der Waals surface area contributed by atoms with Crippen LogP contribution in [-0.2, 0) is 13.2 Å². The molecule has 2 N–H and O–H groups in total. The minimum atomic E-state index is -4.80. The minimum absolute atomic E-state index is 0.0752. The van der Waals surface area contributed by atoms with Gasteiger partial charge < -0.3 is 19.9 Å². The van der Waals surface area contributed by atoms with Crippen LogP contribution in [0.2, 0.25) is 0 Å². The first-order chi connectivity index (χ1) is 16.3. The standard InChI is InChI=1S/C24H18F3N3O4/c25-24(26,27)34-18-8-6-16(7-9-18)19-12-17(13-30-23(31)32)22(21-20(19)28-10-11-29-21)33-14-15-4-2-1-3-5-15/h1-12,30H,13-14H2,(H,31,32). The zero-order valence-corrected chi connectivity index (χ0v) is 17.5. The predicted octanol–water partition coefficient (Wildman–Crippen LogP) is 5.54. The molecule has 0 unspecified atom stereocenters. The first-order valence-electron chi connectivity index (χ1n) is 10.1. The van der Waals surface area contributed by atoms with Gasteiger partial charge >= 0.3 is 12.5 Å². The topological polar surface area (TPSA) is 93.6 Å². The quantitative estimate of drug-likeness (QED) is 0.369. The summed E-state index contributed by atoms with van der Waals surface area (Å²) in [5, 5.41) is 11.4. The minimum Gasteiger partial charge on any atom is -0.486 e. The number of fused-ring (bicyclic) bond motifs is 1. The summed E-state index contributed by atoms with van der Waals surface area (Å²) in [7, 11) is 0. The molecule has 4 aromatic rings. The predicted molar refractivity (Wildman–Crippen MR) is 117 cm³/mol. The smallest absolute Gasteiger partial charge is 0.486 e. The summed E-state index contributed by atoms with van der Waals surface area (Å²) in [6.45, 7) is 0.143. The third kappa shape index (κ3) is 5.52. The first-order valence-corrected chi connectivity index (χ1v) is 10.1. The van der Waals surface area contributed by atoms with Crippen molar-refractivity contribution in [3.8, 4) is 22.6 Å². The number of alkyl halides is 3. The molecular weight excluding hydrogens is 451 g/mol. The van der Waals surface area contributed by atoms with Crippen molar-refractivity contribution in [1.29, 1.82) is 0 Å². The van der Waals surface area contributed by atoms with Crippen molar-refractivity contribution in [3.63, 3.8) is 0 Å². The van der Waals surface area contributed by atoms with Crippen molar-refractivity contribution in [3.05, 3.63) is 84.2 Å². The lowest BCUT2D eigenvalue weighted by atomic mass is 9.99. The Labute approximate surface area is 191 Å². The lowest BCUT2D eigenvalue weighted by Crippen LogP contribution is -2.20. The van der Waals surface area contributed by atoms with Gasteiger partial charge in [0.25, 0.3) is 0 Å². The Bertz CT molecular complexity index is 1300. The van der Waals surface area contributed by atoms with Crippen molar-refractivity contribution >= 4 is 17.1 Å². The second kappa shape index (κ2) is 9.65. The van der Waals surface area contributed by atoms with Crippen LogP contribution in [0.25, 0.3) is 22.2 Å². The van der Waals surface area contributed by atoms with Gasteiger partial charge in [-0.2, -0.15) is 0 Å². The normalized spacial score (nSPS) is 11.3.